The average molecular weight is 832 g/mol. The van der Waals surface area contributed by atoms with Gasteiger partial charge >= 0.3 is 12.1 Å². The number of carbonyl (C=O) groups is 4. The van der Waals surface area contributed by atoms with Gasteiger partial charge in [0, 0.05) is 50.2 Å². The summed E-state index contributed by atoms with van der Waals surface area (Å²) in [5.41, 5.74) is 8.56. The highest BCUT2D eigenvalue weighted by Crippen LogP contribution is 2.24. The van der Waals surface area contributed by atoms with Gasteiger partial charge in [-0.1, -0.05) is 107 Å². The molecule has 2 aliphatic rings. The molecule has 0 aliphatic carbocycles. The third-order valence-corrected chi connectivity index (χ3v) is 12.0. The predicted octanol–water partition coefficient (Wildman–Crippen LogP) is 5.17. The number of aliphatic hydroxyl groups excluding tert-OH is 1. The summed E-state index contributed by atoms with van der Waals surface area (Å²) in [5.74, 6) is -0.981. The van der Waals surface area contributed by atoms with Gasteiger partial charge in [0.1, 0.15) is 12.1 Å². The highest BCUT2D eigenvalue weighted by atomic mass is 16.3. The summed E-state index contributed by atoms with van der Waals surface area (Å²) >= 11 is 0. The number of benzene rings is 2. The summed E-state index contributed by atoms with van der Waals surface area (Å²) in [6.07, 6.45) is 2.22. The standard InChI is InChI=1S/C47H61N9O5/c1-6-32(3)42(55-27-26-53(47(55)61)31-38-17-13-14-34(5)51-38)44(58)50-29-41(57)40(28-35-15-9-8-10-16-35)52-56(45(59)43(33(4)7-2)54-25-24-49-46(54)60)30-36-19-21-37(22-20-36)39-18-11-12-23-48-39/h8-23,32-33,40-43,52,57H,6-7,24-31H2,1-5H3,(H,49,60)(H,50,58). The van der Waals surface area contributed by atoms with Crippen LogP contribution in [0.3, 0.4) is 0 Å². The minimum Gasteiger partial charge on any atom is -0.390 e. The lowest BCUT2D eigenvalue weighted by molar-refractivity contribution is -0.143. The predicted molar refractivity (Wildman–Crippen MR) is 234 cm³/mol. The second kappa shape index (κ2) is 21.1. The van der Waals surface area contributed by atoms with Crippen LogP contribution in [-0.2, 0) is 29.1 Å². The Morgan fingerprint density at radius 1 is 0.836 bits per heavy atom. The third-order valence-electron chi connectivity index (χ3n) is 12.0. The zero-order chi connectivity index (χ0) is 43.5. The number of hydrogen-bond donors (Lipinski definition) is 4. The molecule has 0 bridgehead atoms. The van der Waals surface area contributed by atoms with Gasteiger partial charge in [-0.25, -0.2) is 15.0 Å². The Morgan fingerprint density at radius 3 is 2.21 bits per heavy atom. The van der Waals surface area contributed by atoms with Crippen LogP contribution in [0.25, 0.3) is 11.3 Å². The minimum atomic E-state index is -1.17. The van der Waals surface area contributed by atoms with Crippen molar-refractivity contribution in [1.82, 2.24) is 45.7 Å². The molecular weight excluding hydrogens is 771 g/mol. The number of rotatable bonds is 20. The summed E-state index contributed by atoms with van der Waals surface area (Å²) in [6.45, 7) is 11.9. The van der Waals surface area contributed by atoms with Crippen molar-refractivity contribution in [3.05, 3.63) is 120 Å². The number of nitrogens with zero attached hydrogens (tertiary/aromatic N) is 6. The van der Waals surface area contributed by atoms with Crippen molar-refractivity contribution in [2.75, 3.05) is 32.7 Å². The van der Waals surface area contributed by atoms with Crippen molar-refractivity contribution in [2.45, 2.75) is 91.2 Å². The van der Waals surface area contributed by atoms with Crippen LogP contribution in [0.5, 0.6) is 0 Å². The van der Waals surface area contributed by atoms with Gasteiger partial charge in [-0.05, 0) is 60.6 Å². The number of carbonyl (C=O) groups excluding carboxylic acids is 4. The van der Waals surface area contributed by atoms with Crippen LogP contribution in [0.1, 0.15) is 63.1 Å². The fraction of sp³-hybridized carbons (Fsp3) is 0.447. The number of hydrogen-bond acceptors (Lipinski definition) is 8. The van der Waals surface area contributed by atoms with Crippen molar-refractivity contribution in [3.8, 4) is 11.3 Å². The van der Waals surface area contributed by atoms with Crippen molar-refractivity contribution >= 4 is 23.9 Å². The summed E-state index contributed by atoms with van der Waals surface area (Å²) < 4.78 is 0. The summed E-state index contributed by atoms with van der Waals surface area (Å²) in [6, 6.07) is 26.1. The smallest absolute Gasteiger partial charge is 0.321 e. The van der Waals surface area contributed by atoms with E-state index in [-0.39, 0.29) is 48.8 Å². The Hall–Kier alpha value is -5.86. The molecule has 2 saturated heterocycles. The first-order chi connectivity index (χ1) is 29.5. The monoisotopic (exact) mass is 831 g/mol. The number of hydrazine groups is 1. The van der Waals surface area contributed by atoms with Crippen molar-refractivity contribution in [2.24, 2.45) is 11.8 Å². The second-order valence-electron chi connectivity index (χ2n) is 16.3. The van der Waals surface area contributed by atoms with Crippen molar-refractivity contribution in [3.63, 3.8) is 0 Å². The van der Waals surface area contributed by atoms with E-state index in [9.17, 15) is 24.3 Å². The second-order valence-corrected chi connectivity index (χ2v) is 16.3. The van der Waals surface area contributed by atoms with E-state index in [2.05, 4.69) is 26.0 Å². The molecule has 61 heavy (non-hydrogen) atoms. The SMILES string of the molecule is CCC(C)C(C(=O)N(Cc1ccc(-c2ccccn2)cc1)NC(Cc1ccccc1)C(O)CNC(=O)C(C(C)CC)N1CCN(Cc2cccc(C)n2)C1=O)N1CCNC1=O. The Bertz CT molecular complexity index is 2070. The number of aryl methyl sites for hydroxylation is 1. The molecule has 2 fully saturated rings. The highest BCUT2D eigenvalue weighted by Gasteiger charge is 2.41. The first-order valence-corrected chi connectivity index (χ1v) is 21.6. The molecule has 4 aromatic rings. The molecule has 0 spiro atoms. The zero-order valence-electron chi connectivity index (χ0n) is 36.0. The van der Waals surface area contributed by atoms with Crippen LogP contribution in [0.15, 0.2) is 97.2 Å². The fourth-order valence-electron chi connectivity index (χ4n) is 8.11. The van der Waals surface area contributed by atoms with Crippen molar-refractivity contribution in [1.29, 1.82) is 0 Å². The topological polar surface area (TPSA) is 163 Å². The lowest BCUT2D eigenvalue weighted by Gasteiger charge is -2.38. The van der Waals surface area contributed by atoms with Crippen LogP contribution in [-0.4, -0.2) is 116 Å². The molecule has 0 saturated carbocycles. The molecule has 6 atom stereocenters. The Labute approximate surface area is 359 Å². The number of urea groups is 2. The van der Waals surface area contributed by atoms with Gasteiger partial charge in [-0.15, -0.1) is 0 Å². The number of aromatic nitrogens is 2. The van der Waals surface area contributed by atoms with Gasteiger partial charge in [0.15, 0.2) is 0 Å². The summed E-state index contributed by atoms with van der Waals surface area (Å²) in [4.78, 5) is 69.9. The van der Waals surface area contributed by atoms with Gasteiger partial charge in [-0.2, -0.15) is 0 Å². The van der Waals surface area contributed by atoms with Gasteiger partial charge in [0.2, 0.25) is 5.91 Å². The maximum absolute atomic E-state index is 14.9. The molecule has 14 heteroatoms. The van der Waals surface area contributed by atoms with Gasteiger partial charge in [0.25, 0.3) is 5.91 Å². The molecule has 4 heterocycles. The lowest BCUT2D eigenvalue weighted by Crippen LogP contribution is -2.61. The molecular formula is C47H61N9O5. The van der Waals surface area contributed by atoms with Crippen LogP contribution in [0.4, 0.5) is 9.59 Å². The van der Waals surface area contributed by atoms with E-state index in [1.807, 2.05) is 126 Å². The number of nitrogens with one attached hydrogen (secondary N) is 3. The van der Waals surface area contributed by atoms with E-state index >= 15 is 0 Å². The van der Waals surface area contributed by atoms with Crippen LogP contribution >= 0.6 is 0 Å². The third kappa shape index (κ3) is 11.3. The van der Waals surface area contributed by atoms with Crippen LogP contribution < -0.4 is 16.1 Å². The molecule has 6 unspecified atom stereocenters. The quantitative estimate of drug-likeness (QED) is 0.0888. The van der Waals surface area contributed by atoms with Crippen LogP contribution in [0, 0.1) is 18.8 Å². The van der Waals surface area contributed by atoms with Gasteiger partial charge in [-0.3, -0.25) is 24.6 Å². The van der Waals surface area contributed by atoms with E-state index in [0.29, 0.717) is 52.0 Å². The molecule has 2 aliphatic heterocycles. The number of pyridine rings is 2. The molecule has 2 aromatic carbocycles. The van der Waals surface area contributed by atoms with Gasteiger partial charge < -0.3 is 30.4 Å². The summed E-state index contributed by atoms with van der Waals surface area (Å²) in [5, 5.41) is 19.4. The number of aliphatic hydroxyl groups is 1. The Kier molecular flexibility index (Phi) is 15.5. The van der Waals surface area contributed by atoms with E-state index < -0.39 is 24.2 Å². The Morgan fingerprint density at radius 2 is 1.56 bits per heavy atom. The highest BCUT2D eigenvalue weighted by molar-refractivity contribution is 5.89. The molecule has 2 aromatic heterocycles. The minimum absolute atomic E-state index is 0.135. The van der Waals surface area contributed by atoms with Crippen LogP contribution in [0.2, 0.25) is 0 Å². The maximum Gasteiger partial charge on any atom is 0.321 e. The molecule has 0 radical (unpaired) electrons. The molecule has 324 valence electrons. The first kappa shape index (κ1) is 44.7. The van der Waals surface area contributed by atoms with E-state index in [1.54, 1.807) is 20.9 Å². The Balaban J connectivity index is 1.24. The fourth-order valence-corrected chi connectivity index (χ4v) is 8.11. The van der Waals surface area contributed by atoms with E-state index in [1.165, 1.54) is 5.01 Å². The molecule has 6 rings (SSSR count). The van der Waals surface area contributed by atoms with E-state index in [0.717, 1.165) is 33.8 Å². The average Bonchev–Trinajstić information content (AvgIpc) is 3.86. The lowest BCUT2D eigenvalue weighted by atomic mass is 9.96. The summed E-state index contributed by atoms with van der Waals surface area (Å²) in [7, 11) is 0. The largest absolute Gasteiger partial charge is 0.390 e. The molecule has 6 amide bonds. The number of amides is 6. The molecule has 4 N–H and O–H groups in total. The zero-order valence-corrected chi connectivity index (χ0v) is 36.0. The first-order valence-electron chi connectivity index (χ1n) is 21.6. The van der Waals surface area contributed by atoms with Gasteiger partial charge in [0.05, 0.1) is 36.6 Å². The van der Waals surface area contributed by atoms with E-state index in [4.69, 9.17) is 0 Å². The molecule has 14 nitrogen and oxygen atoms in total. The van der Waals surface area contributed by atoms with Crippen molar-refractivity contribution < 1.29 is 24.3 Å². The maximum atomic E-state index is 14.9. The normalized spacial score (nSPS) is 17.0.